The summed E-state index contributed by atoms with van der Waals surface area (Å²) in [5.74, 6) is 2.25. The van der Waals surface area contributed by atoms with E-state index in [4.69, 9.17) is 18.9 Å². The number of para-hydroxylation sites is 1. The average molecular weight is 417 g/mol. The summed E-state index contributed by atoms with van der Waals surface area (Å²) in [5, 5.41) is 0.869. The molecule has 1 N–H and O–H groups in total. The number of nitrogens with zero attached hydrogens (tertiary/aromatic N) is 2. The number of aromatic nitrogens is 2. The van der Waals surface area contributed by atoms with E-state index in [1.165, 1.54) is 12.8 Å². The van der Waals surface area contributed by atoms with E-state index in [2.05, 4.69) is 16.0 Å². The van der Waals surface area contributed by atoms with Crippen molar-refractivity contribution < 1.29 is 13.9 Å². The second-order valence-corrected chi connectivity index (χ2v) is 8.32. The minimum Gasteiger partial charge on any atom is -0.454 e. The summed E-state index contributed by atoms with van der Waals surface area (Å²) in [6.07, 6.45) is 4.78. The van der Waals surface area contributed by atoms with Crippen LogP contribution in [0.3, 0.4) is 0 Å². The summed E-state index contributed by atoms with van der Waals surface area (Å²) in [6.45, 7) is 1.61. The van der Waals surface area contributed by atoms with Crippen molar-refractivity contribution in [3.63, 3.8) is 0 Å². The van der Waals surface area contributed by atoms with E-state index in [0.717, 1.165) is 41.8 Å². The van der Waals surface area contributed by atoms with Crippen molar-refractivity contribution in [1.82, 2.24) is 14.9 Å². The van der Waals surface area contributed by atoms with E-state index in [9.17, 15) is 4.79 Å². The van der Waals surface area contributed by atoms with Crippen LogP contribution in [-0.2, 0) is 13.1 Å². The second-order valence-electron chi connectivity index (χ2n) is 8.32. The molecule has 2 aliphatic rings. The molecule has 31 heavy (non-hydrogen) atoms. The fourth-order valence-electron chi connectivity index (χ4n) is 4.77. The number of ether oxygens (including phenoxy) is 2. The third-order valence-corrected chi connectivity index (χ3v) is 6.30. The van der Waals surface area contributed by atoms with Crippen LogP contribution < -0.4 is 15.0 Å². The lowest BCUT2D eigenvalue weighted by molar-refractivity contribution is 0.172. The van der Waals surface area contributed by atoms with E-state index >= 15 is 0 Å². The molecule has 3 heterocycles. The number of hydrogen-bond donors (Lipinski definition) is 1. The Morgan fingerprint density at radius 3 is 2.77 bits per heavy atom. The standard InChI is InChI=1S/C24H23N3O4/c28-24-23-22(17-7-3-4-8-18(17)31-23)25-21(26-24)13-27(16-5-1-2-6-16)12-15-9-10-19-20(11-15)30-14-29-19/h3-4,7-11,16H,1-2,5-6,12-14H2,(H,25,26,28). The first-order valence-electron chi connectivity index (χ1n) is 10.8. The number of fused-ring (bicyclic) bond motifs is 4. The van der Waals surface area contributed by atoms with Crippen molar-refractivity contribution in [1.29, 1.82) is 0 Å². The molecule has 0 radical (unpaired) electrons. The molecule has 7 nitrogen and oxygen atoms in total. The molecule has 2 aromatic heterocycles. The Labute approximate surface area is 178 Å². The first-order chi connectivity index (χ1) is 15.2. The molecule has 1 saturated carbocycles. The van der Waals surface area contributed by atoms with Gasteiger partial charge >= 0.3 is 0 Å². The van der Waals surface area contributed by atoms with Gasteiger partial charge in [-0.3, -0.25) is 9.69 Å². The van der Waals surface area contributed by atoms with Crippen molar-refractivity contribution in [2.75, 3.05) is 6.79 Å². The molecule has 1 fully saturated rings. The largest absolute Gasteiger partial charge is 0.454 e. The zero-order chi connectivity index (χ0) is 20.8. The highest BCUT2D eigenvalue weighted by Gasteiger charge is 2.25. The zero-order valence-corrected chi connectivity index (χ0v) is 17.1. The lowest BCUT2D eigenvalue weighted by atomic mass is 10.1. The number of hydrogen-bond acceptors (Lipinski definition) is 6. The molecule has 0 amide bonds. The molecule has 7 heteroatoms. The third-order valence-electron chi connectivity index (χ3n) is 6.30. The van der Waals surface area contributed by atoms with Crippen molar-refractivity contribution in [3.8, 4) is 11.5 Å². The van der Waals surface area contributed by atoms with Gasteiger partial charge in [0.1, 0.15) is 16.9 Å². The van der Waals surface area contributed by atoms with Crippen LogP contribution in [0, 0.1) is 0 Å². The maximum absolute atomic E-state index is 12.7. The molecule has 0 spiro atoms. The van der Waals surface area contributed by atoms with Gasteiger partial charge in [0.15, 0.2) is 11.5 Å². The summed E-state index contributed by atoms with van der Waals surface area (Å²) in [5.41, 5.74) is 2.52. The smallest absolute Gasteiger partial charge is 0.294 e. The van der Waals surface area contributed by atoms with Crippen LogP contribution in [0.5, 0.6) is 11.5 Å². The second kappa shape index (κ2) is 7.42. The Hall–Kier alpha value is -3.32. The Kier molecular flexibility index (Phi) is 4.42. The highest BCUT2D eigenvalue weighted by Crippen LogP contribution is 2.34. The number of furan rings is 1. The SMILES string of the molecule is O=c1[nH]c(CN(Cc2ccc3c(c2)OCO3)C2CCCC2)nc2c1oc1ccccc12. The number of nitrogens with one attached hydrogen (secondary N) is 1. The predicted molar refractivity (Wildman–Crippen MR) is 116 cm³/mol. The first-order valence-corrected chi connectivity index (χ1v) is 10.8. The molecule has 2 aromatic carbocycles. The van der Waals surface area contributed by atoms with Crippen LogP contribution in [0.2, 0.25) is 0 Å². The summed E-state index contributed by atoms with van der Waals surface area (Å²) < 4.78 is 16.7. The number of H-pyrrole nitrogens is 1. The van der Waals surface area contributed by atoms with Crippen molar-refractivity contribution >= 4 is 22.1 Å². The summed E-state index contributed by atoms with van der Waals surface area (Å²) >= 11 is 0. The van der Waals surface area contributed by atoms with Gasteiger partial charge in [-0.05, 0) is 42.7 Å². The Bertz CT molecular complexity index is 1320. The molecule has 4 aromatic rings. The van der Waals surface area contributed by atoms with Crippen LogP contribution in [0.1, 0.15) is 37.1 Å². The molecule has 1 aliphatic heterocycles. The molecule has 158 valence electrons. The van der Waals surface area contributed by atoms with Gasteiger partial charge in [0.05, 0.1) is 6.54 Å². The van der Waals surface area contributed by atoms with Gasteiger partial charge in [0.2, 0.25) is 12.4 Å². The topological polar surface area (TPSA) is 80.6 Å². The molecule has 0 bridgehead atoms. The van der Waals surface area contributed by atoms with Crippen LogP contribution in [0.4, 0.5) is 0 Å². The lowest BCUT2D eigenvalue weighted by Crippen LogP contribution is -2.33. The maximum Gasteiger partial charge on any atom is 0.294 e. The summed E-state index contributed by atoms with van der Waals surface area (Å²) in [4.78, 5) is 22.9. The highest BCUT2D eigenvalue weighted by atomic mass is 16.7. The molecular weight excluding hydrogens is 394 g/mol. The van der Waals surface area contributed by atoms with E-state index in [0.29, 0.717) is 29.5 Å². The third kappa shape index (κ3) is 3.35. The molecule has 0 saturated heterocycles. The van der Waals surface area contributed by atoms with Crippen LogP contribution in [-0.4, -0.2) is 27.7 Å². The van der Waals surface area contributed by atoms with Crippen LogP contribution in [0.25, 0.3) is 22.1 Å². The lowest BCUT2D eigenvalue weighted by Gasteiger charge is -2.28. The van der Waals surface area contributed by atoms with Gasteiger partial charge in [-0.15, -0.1) is 0 Å². The Balaban J connectivity index is 1.35. The molecule has 6 rings (SSSR count). The fraction of sp³-hybridized carbons (Fsp3) is 0.333. The molecule has 1 aliphatic carbocycles. The highest BCUT2D eigenvalue weighted by molar-refractivity contribution is 6.01. The van der Waals surface area contributed by atoms with Gasteiger partial charge < -0.3 is 18.9 Å². The maximum atomic E-state index is 12.7. The van der Waals surface area contributed by atoms with E-state index < -0.39 is 0 Å². The fourth-order valence-corrected chi connectivity index (χ4v) is 4.77. The predicted octanol–water partition coefficient (Wildman–Crippen LogP) is 4.34. The van der Waals surface area contributed by atoms with Crippen molar-refractivity contribution in [2.45, 2.75) is 44.8 Å². The molecule has 0 unspecified atom stereocenters. The van der Waals surface area contributed by atoms with Gasteiger partial charge in [0, 0.05) is 18.0 Å². The van der Waals surface area contributed by atoms with E-state index in [-0.39, 0.29) is 17.9 Å². The van der Waals surface area contributed by atoms with Gasteiger partial charge in [-0.25, -0.2) is 4.98 Å². The average Bonchev–Trinajstić information content (AvgIpc) is 3.53. The normalized spacial score (nSPS) is 16.2. The van der Waals surface area contributed by atoms with Crippen molar-refractivity contribution in [3.05, 3.63) is 64.2 Å². The number of benzene rings is 2. The quantitative estimate of drug-likeness (QED) is 0.520. The van der Waals surface area contributed by atoms with Crippen LogP contribution in [0.15, 0.2) is 51.7 Å². The van der Waals surface area contributed by atoms with Crippen molar-refractivity contribution in [2.24, 2.45) is 0 Å². The Morgan fingerprint density at radius 2 is 1.87 bits per heavy atom. The zero-order valence-electron chi connectivity index (χ0n) is 17.1. The summed E-state index contributed by atoms with van der Waals surface area (Å²) in [6, 6.07) is 14.2. The van der Waals surface area contributed by atoms with E-state index in [1.807, 2.05) is 36.4 Å². The van der Waals surface area contributed by atoms with Gasteiger partial charge in [-0.1, -0.05) is 31.0 Å². The molecular formula is C24H23N3O4. The summed E-state index contributed by atoms with van der Waals surface area (Å²) in [7, 11) is 0. The van der Waals surface area contributed by atoms with Gasteiger partial charge in [0.25, 0.3) is 5.56 Å². The minimum absolute atomic E-state index is 0.231. The number of rotatable bonds is 5. The molecule has 0 atom stereocenters. The monoisotopic (exact) mass is 417 g/mol. The van der Waals surface area contributed by atoms with Crippen LogP contribution >= 0.6 is 0 Å². The first kappa shape index (κ1) is 18.4. The Morgan fingerprint density at radius 1 is 1.03 bits per heavy atom. The van der Waals surface area contributed by atoms with Gasteiger partial charge in [-0.2, -0.15) is 0 Å². The minimum atomic E-state index is -0.231. The van der Waals surface area contributed by atoms with E-state index in [1.54, 1.807) is 0 Å². The number of aromatic amines is 1.